The van der Waals surface area contributed by atoms with E-state index in [4.69, 9.17) is 0 Å². The van der Waals surface area contributed by atoms with E-state index in [2.05, 4.69) is 32.8 Å². The first kappa shape index (κ1) is 13.2. The Bertz CT molecular complexity index is 207. The van der Waals surface area contributed by atoms with Gasteiger partial charge in [0.05, 0.1) is 13.1 Å². The molecule has 0 aliphatic heterocycles. The first-order valence-corrected chi connectivity index (χ1v) is 5.35. The molecular weight excluding hydrogens is 176 g/mol. The van der Waals surface area contributed by atoms with Crippen LogP contribution in [0, 0.1) is 0 Å². The molecule has 1 N–H and O–H groups in total. The lowest BCUT2D eigenvalue weighted by Crippen LogP contribution is -2.60. The summed E-state index contributed by atoms with van der Waals surface area (Å²) >= 11 is 0. The van der Waals surface area contributed by atoms with E-state index in [1.165, 1.54) is 0 Å². The first-order valence-electron chi connectivity index (χ1n) is 5.35. The zero-order valence-corrected chi connectivity index (χ0v) is 9.89. The van der Waals surface area contributed by atoms with E-state index in [1.807, 2.05) is 0 Å². The molecule has 0 saturated carbocycles. The van der Waals surface area contributed by atoms with Crippen molar-refractivity contribution < 1.29 is 9.39 Å². The van der Waals surface area contributed by atoms with Crippen LogP contribution < -0.4 is 5.43 Å². The molecule has 0 rings (SSSR count). The predicted molar refractivity (Wildman–Crippen MR) is 59.5 cm³/mol. The number of rotatable bonds is 6. The van der Waals surface area contributed by atoms with E-state index in [-0.39, 0.29) is 5.91 Å². The lowest BCUT2D eigenvalue weighted by atomic mass is 10.3. The molecule has 0 spiro atoms. The smallest absolute Gasteiger partial charge is 0.265 e. The van der Waals surface area contributed by atoms with Crippen molar-refractivity contribution in [3.05, 3.63) is 12.2 Å². The van der Waals surface area contributed by atoms with Crippen LogP contribution in [0.3, 0.4) is 0 Å². The molecule has 0 fully saturated rings. The summed E-state index contributed by atoms with van der Waals surface area (Å²) in [6.45, 7) is 14.5. The van der Waals surface area contributed by atoms with Gasteiger partial charge in [-0.3, -0.25) is 4.79 Å². The van der Waals surface area contributed by atoms with Gasteiger partial charge in [0.2, 0.25) is 0 Å². The Morgan fingerprint density at radius 2 is 1.79 bits per heavy atom. The Labute approximate surface area is 87.4 Å². The molecule has 0 aromatic rings. The summed E-state index contributed by atoms with van der Waals surface area (Å²) in [6.07, 6.45) is 1.07. The van der Waals surface area contributed by atoms with Crippen LogP contribution in [0.4, 0.5) is 0 Å². The largest absolute Gasteiger partial charge is 0.291 e. The van der Waals surface area contributed by atoms with E-state index in [9.17, 15) is 4.79 Å². The third-order valence-electron chi connectivity index (χ3n) is 2.59. The average Bonchev–Trinajstić information content (AvgIpc) is 2.16. The molecule has 0 unspecified atom stereocenters. The van der Waals surface area contributed by atoms with Crippen molar-refractivity contribution in [3.8, 4) is 0 Å². The maximum Gasteiger partial charge on any atom is 0.291 e. The Morgan fingerprint density at radius 3 is 2.07 bits per heavy atom. The fraction of sp³-hybridized carbons (Fsp3) is 0.727. The van der Waals surface area contributed by atoms with Crippen molar-refractivity contribution in [1.29, 1.82) is 0 Å². The van der Waals surface area contributed by atoms with Gasteiger partial charge >= 0.3 is 0 Å². The summed E-state index contributed by atoms with van der Waals surface area (Å²) in [7, 11) is 0. The van der Waals surface area contributed by atoms with Crippen molar-refractivity contribution in [2.45, 2.75) is 34.1 Å². The highest BCUT2D eigenvalue weighted by molar-refractivity contribution is 5.91. The van der Waals surface area contributed by atoms with Crippen molar-refractivity contribution in [3.63, 3.8) is 0 Å². The summed E-state index contributed by atoms with van der Waals surface area (Å²) < 4.78 is 0.655. The second-order valence-corrected chi connectivity index (χ2v) is 3.72. The first-order chi connectivity index (χ1) is 6.51. The molecule has 0 aromatic heterocycles. The summed E-state index contributed by atoms with van der Waals surface area (Å²) in [5.41, 5.74) is 3.60. The summed E-state index contributed by atoms with van der Waals surface area (Å²) in [5.74, 6) is -0.0397. The highest BCUT2D eigenvalue weighted by Crippen LogP contribution is 2.04. The average molecular weight is 199 g/mol. The lowest BCUT2D eigenvalue weighted by molar-refractivity contribution is -0.958. The Hall–Kier alpha value is -0.830. The molecule has 82 valence electrons. The molecule has 0 atom stereocenters. The minimum Gasteiger partial charge on any atom is -0.265 e. The highest BCUT2D eigenvalue weighted by atomic mass is 16.2. The van der Waals surface area contributed by atoms with Crippen LogP contribution in [0.2, 0.25) is 0 Å². The second-order valence-electron chi connectivity index (χ2n) is 3.72. The Kier molecular flexibility index (Phi) is 5.46. The molecule has 0 aliphatic rings. The van der Waals surface area contributed by atoms with E-state index in [0.717, 1.165) is 26.1 Å². The van der Waals surface area contributed by atoms with Crippen LogP contribution in [0.5, 0.6) is 0 Å². The summed E-state index contributed by atoms with van der Waals surface area (Å²) in [5, 5.41) is 0. The number of amides is 1. The van der Waals surface area contributed by atoms with Gasteiger partial charge in [0.25, 0.3) is 5.91 Å². The molecule has 0 aromatic carbocycles. The molecular formula is C11H23N2O+. The molecule has 0 saturated heterocycles. The fourth-order valence-electron chi connectivity index (χ4n) is 1.49. The Morgan fingerprint density at radius 1 is 1.29 bits per heavy atom. The summed E-state index contributed by atoms with van der Waals surface area (Å²) in [6, 6.07) is 0. The molecule has 0 aliphatic carbocycles. The SMILES string of the molecule is C=C(C)C(=O)N[N+](CC)(CC)CCC. The van der Waals surface area contributed by atoms with Gasteiger partial charge in [0.15, 0.2) is 0 Å². The number of nitrogens with one attached hydrogen (secondary N) is 1. The number of quaternary nitrogens is 1. The number of hydrogen-bond acceptors (Lipinski definition) is 1. The van der Waals surface area contributed by atoms with E-state index >= 15 is 0 Å². The molecule has 3 nitrogen and oxygen atoms in total. The zero-order chi connectivity index (χ0) is 11.2. The van der Waals surface area contributed by atoms with E-state index < -0.39 is 0 Å². The minimum atomic E-state index is -0.0397. The molecule has 0 radical (unpaired) electrons. The molecule has 3 heteroatoms. The quantitative estimate of drug-likeness (QED) is 0.395. The normalized spacial score (nSPS) is 11.1. The standard InChI is InChI=1S/C11H22N2O/c1-6-9-13(7-2,8-3)12-11(14)10(4)5/h4,6-9H2,1-3,5H3/p+1. The van der Waals surface area contributed by atoms with Crippen LogP contribution in [-0.4, -0.2) is 30.1 Å². The van der Waals surface area contributed by atoms with Gasteiger partial charge in [-0.1, -0.05) is 13.5 Å². The Balaban J connectivity index is 4.49. The van der Waals surface area contributed by atoms with E-state index in [0.29, 0.717) is 10.2 Å². The highest BCUT2D eigenvalue weighted by Gasteiger charge is 2.25. The number of nitrogens with zero attached hydrogens (tertiary/aromatic N) is 1. The topological polar surface area (TPSA) is 29.1 Å². The predicted octanol–water partition coefficient (Wildman–Crippen LogP) is 1.86. The van der Waals surface area contributed by atoms with Gasteiger partial charge in [-0.25, -0.2) is 4.59 Å². The van der Waals surface area contributed by atoms with E-state index in [1.54, 1.807) is 6.92 Å². The monoisotopic (exact) mass is 199 g/mol. The van der Waals surface area contributed by atoms with Crippen molar-refractivity contribution in [1.82, 2.24) is 5.43 Å². The van der Waals surface area contributed by atoms with Crippen molar-refractivity contribution in [2.75, 3.05) is 19.6 Å². The molecule has 0 bridgehead atoms. The molecule has 14 heavy (non-hydrogen) atoms. The number of carbonyl (C=O) groups is 1. The molecule has 0 heterocycles. The zero-order valence-electron chi connectivity index (χ0n) is 9.89. The fourth-order valence-corrected chi connectivity index (χ4v) is 1.49. The van der Waals surface area contributed by atoms with Gasteiger partial charge in [-0.05, 0) is 27.2 Å². The van der Waals surface area contributed by atoms with Gasteiger partial charge < -0.3 is 0 Å². The van der Waals surface area contributed by atoms with Crippen LogP contribution >= 0.6 is 0 Å². The number of hydrogen-bond donors (Lipinski definition) is 1. The third kappa shape index (κ3) is 3.50. The number of carbonyl (C=O) groups excluding carboxylic acids is 1. The van der Waals surface area contributed by atoms with Gasteiger partial charge in [0.1, 0.15) is 6.54 Å². The van der Waals surface area contributed by atoms with Crippen LogP contribution in [0.1, 0.15) is 34.1 Å². The third-order valence-corrected chi connectivity index (χ3v) is 2.59. The van der Waals surface area contributed by atoms with Crippen molar-refractivity contribution in [2.24, 2.45) is 0 Å². The lowest BCUT2D eigenvalue weighted by Gasteiger charge is -2.35. The van der Waals surface area contributed by atoms with Crippen molar-refractivity contribution >= 4 is 5.91 Å². The maximum atomic E-state index is 11.5. The van der Waals surface area contributed by atoms with Gasteiger partial charge in [0, 0.05) is 5.57 Å². The van der Waals surface area contributed by atoms with Crippen LogP contribution in [-0.2, 0) is 4.79 Å². The minimum absolute atomic E-state index is 0.0397. The maximum absolute atomic E-state index is 11.5. The van der Waals surface area contributed by atoms with Gasteiger partial charge in [-0.2, -0.15) is 5.43 Å². The van der Waals surface area contributed by atoms with Crippen LogP contribution in [0.15, 0.2) is 12.2 Å². The van der Waals surface area contributed by atoms with Crippen LogP contribution in [0.25, 0.3) is 0 Å². The second kappa shape index (κ2) is 5.81. The molecule has 1 amide bonds. The summed E-state index contributed by atoms with van der Waals surface area (Å²) in [4.78, 5) is 11.5. The van der Waals surface area contributed by atoms with Gasteiger partial charge in [-0.15, -0.1) is 0 Å².